The lowest BCUT2D eigenvalue weighted by Crippen LogP contribution is -2.58. The largest absolute Gasteiger partial charge is 0.481 e. The van der Waals surface area contributed by atoms with Crippen LogP contribution in [0.15, 0.2) is 36.9 Å². The molecule has 3 aliphatic rings. The van der Waals surface area contributed by atoms with Crippen molar-refractivity contribution in [2.24, 2.45) is 17.8 Å². The maximum absolute atomic E-state index is 14.3. The lowest BCUT2D eigenvalue weighted by Gasteiger charge is -2.40. The minimum Gasteiger partial charge on any atom is -0.481 e. The zero-order valence-corrected chi connectivity index (χ0v) is 22.1. The Balaban J connectivity index is 1.86. The van der Waals surface area contributed by atoms with Gasteiger partial charge in [0.1, 0.15) is 6.04 Å². The summed E-state index contributed by atoms with van der Waals surface area (Å²) in [5.41, 5.74) is 0.606. The standard InChI is InChI=1S/C24H28BrClN2O5S/c1-4-9-27(14-7-5-13(26)6-8-14)22(31)20-24-10-15(25)19(34-24)17(23(32)33)18(24)21(30)28(20)16(11-29)12(2)3/h4-8,12,15-20,29H,1,9-11H2,2-3H3,(H,32,33)/t15?,16-,17-,18-,19-,20?,24?/m0/s1. The highest BCUT2D eigenvalue weighted by atomic mass is 79.9. The van der Waals surface area contributed by atoms with Crippen LogP contribution in [0.4, 0.5) is 5.69 Å². The first-order chi connectivity index (χ1) is 16.1. The Kier molecular flexibility index (Phi) is 7.12. The highest BCUT2D eigenvalue weighted by molar-refractivity contribution is 9.09. The SMILES string of the molecule is C=CCN(C(=O)C1N([C@@H](CO)C(C)C)C(=O)[C@@H]2[C@H](C(=O)O)[C@H]3SC12CC3Br)c1ccc(Cl)cc1. The number of thioether (sulfide) groups is 1. The van der Waals surface area contributed by atoms with Gasteiger partial charge in [-0.2, -0.15) is 0 Å². The molecule has 3 fully saturated rings. The molecule has 4 rings (SSSR count). The summed E-state index contributed by atoms with van der Waals surface area (Å²) in [4.78, 5) is 43.4. The normalized spacial score (nSPS) is 32.7. The van der Waals surface area contributed by atoms with Crippen molar-refractivity contribution in [1.82, 2.24) is 4.90 Å². The minimum atomic E-state index is -1.03. The average molecular weight is 572 g/mol. The number of amides is 2. The van der Waals surface area contributed by atoms with Crippen LogP contribution in [-0.4, -0.2) is 73.0 Å². The van der Waals surface area contributed by atoms with E-state index in [2.05, 4.69) is 22.5 Å². The molecular weight excluding hydrogens is 544 g/mol. The smallest absolute Gasteiger partial charge is 0.308 e. The molecule has 10 heteroatoms. The molecule has 7 atom stereocenters. The van der Waals surface area contributed by atoms with Crippen molar-refractivity contribution in [3.8, 4) is 0 Å². The van der Waals surface area contributed by atoms with E-state index in [1.807, 2.05) is 13.8 Å². The Morgan fingerprint density at radius 1 is 1.38 bits per heavy atom. The van der Waals surface area contributed by atoms with Gasteiger partial charge in [0.05, 0.1) is 29.2 Å². The Bertz CT molecular complexity index is 1010. The number of fused-ring (bicyclic) bond motifs is 1. The van der Waals surface area contributed by atoms with E-state index in [0.29, 0.717) is 17.1 Å². The van der Waals surface area contributed by atoms with Crippen LogP contribution in [0.2, 0.25) is 5.02 Å². The number of aliphatic hydroxyl groups is 1. The lowest BCUT2D eigenvalue weighted by molar-refractivity contribution is -0.149. The molecule has 3 aliphatic heterocycles. The third kappa shape index (κ3) is 3.79. The second kappa shape index (κ2) is 9.48. The molecule has 34 heavy (non-hydrogen) atoms. The first kappa shape index (κ1) is 25.5. The predicted octanol–water partition coefficient (Wildman–Crippen LogP) is 3.43. The summed E-state index contributed by atoms with van der Waals surface area (Å²) in [7, 11) is 0. The number of aliphatic carboxylic acids is 1. The van der Waals surface area contributed by atoms with Crippen LogP contribution in [-0.2, 0) is 14.4 Å². The first-order valence-corrected chi connectivity index (χ1v) is 13.4. The van der Waals surface area contributed by atoms with Gasteiger partial charge in [0.25, 0.3) is 5.91 Å². The molecule has 1 spiro atoms. The molecule has 0 aliphatic carbocycles. The molecule has 3 unspecified atom stereocenters. The number of carbonyl (C=O) groups excluding carboxylic acids is 2. The Labute approximate surface area is 216 Å². The number of halogens is 2. The monoisotopic (exact) mass is 570 g/mol. The molecule has 2 N–H and O–H groups in total. The van der Waals surface area contributed by atoms with Crippen LogP contribution in [0.5, 0.6) is 0 Å². The average Bonchev–Trinajstić information content (AvgIpc) is 3.37. The van der Waals surface area contributed by atoms with Gasteiger partial charge in [0.15, 0.2) is 0 Å². The van der Waals surface area contributed by atoms with Crippen molar-refractivity contribution in [2.75, 3.05) is 18.1 Å². The van der Waals surface area contributed by atoms with Crippen molar-refractivity contribution in [3.63, 3.8) is 0 Å². The van der Waals surface area contributed by atoms with Crippen LogP contribution < -0.4 is 4.90 Å². The maximum atomic E-state index is 14.3. The number of carboxylic acid groups (broad SMARTS) is 1. The van der Waals surface area contributed by atoms with Crippen LogP contribution in [0.1, 0.15) is 20.3 Å². The summed E-state index contributed by atoms with van der Waals surface area (Å²) in [6, 6.07) is 5.32. The summed E-state index contributed by atoms with van der Waals surface area (Å²) < 4.78 is -0.899. The number of hydrogen-bond acceptors (Lipinski definition) is 5. The molecular formula is C24H28BrClN2O5S. The van der Waals surface area contributed by atoms with Gasteiger partial charge in [-0.3, -0.25) is 14.4 Å². The van der Waals surface area contributed by atoms with Gasteiger partial charge >= 0.3 is 5.97 Å². The van der Waals surface area contributed by atoms with Crippen molar-refractivity contribution < 1.29 is 24.6 Å². The zero-order valence-electron chi connectivity index (χ0n) is 18.9. The predicted molar refractivity (Wildman–Crippen MR) is 136 cm³/mol. The number of carbonyl (C=O) groups is 3. The Morgan fingerprint density at radius 3 is 2.56 bits per heavy atom. The summed E-state index contributed by atoms with van der Waals surface area (Å²) in [5, 5.41) is 20.5. The highest BCUT2D eigenvalue weighted by Crippen LogP contribution is 2.68. The number of carboxylic acids is 1. The van der Waals surface area contributed by atoms with Gasteiger partial charge < -0.3 is 20.0 Å². The van der Waals surface area contributed by atoms with E-state index in [1.54, 1.807) is 35.2 Å². The van der Waals surface area contributed by atoms with E-state index in [0.717, 1.165) is 0 Å². The fraction of sp³-hybridized carbons (Fsp3) is 0.542. The highest BCUT2D eigenvalue weighted by Gasteiger charge is 2.76. The second-order valence-corrected chi connectivity index (χ2v) is 12.6. The fourth-order valence-electron chi connectivity index (χ4n) is 5.83. The summed E-state index contributed by atoms with van der Waals surface area (Å²) in [6.07, 6.45) is 2.11. The third-order valence-electron chi connectivity index (χ3n) is 7.28. The summed E-state index contributed by atoms with van der Waals surface area (Å²) in [5.74, 6) is -3.55. The van der Waals surface area contributed by atoms with Gasteiger partial charge in [-0.25, -0.2) is 0 Å². The lowest BCUT2D eigenvalue weighted by atomic mass is 9.71. The number of aliphatic hydroxyl groups excluding tert-OH is 1. The second-order valence-electron chi connectivity index (χ2n) is 9.46. The molecule has 1 aromatic rings. The van der Waals surface area contributed by atoms with E-state index < -0.39 is 34.6 Å². The summed E-state index contributed by atoms with van der Waals surface area (Å²) in [6.45, 7) is 7.45. The van der Waals surface area contributed by atoms with Crippen molar-refractivity contribution >= 4 is 62.8 Å². The number of benzene rings is 1. The number of alkyl halides is 1. The molecule has 0 saturated carbocycles. The molecule has 3 saturated heterocycles. The van der Waals surface area contributed by atoms with Gasteiger partial charge in [-0.1, -0.05) is 47.5 Å². The maximum Gasteiger partial charge on any atom is 0.308 e. The molecule has 0 aromatic heterocycles. The summed E-state index contributed by atoms with van der Waals surface area (Å²) >= 11 is 11.1. The fourth-order valence-corrected chi connectivity index (χ4v) is 9.54. The van der Waals surface area contributed by atoms with Crippen LogP contribution in [0.3, 0.4) is 0 Å². The van der Waals surface area contributed by atoms with Gasteiger partial charge in [0.2, 0.25) is 5.91 Å². The van der Waals surface area contributed by atoms with Crippen LogP contribution in [0.25, 0.3) is 0 Å². The first-order valence-electron chi connectivity index (χ1n) is 11.2. The number of likely N-dealkylation sites (tertiary alicyclic amines) is 1. The third-order valence-corrected chi connectivity index (χ3v) is 10.7. The van der Waals surface area contributed by atoms with Crippen molar-refractivity contribution in [2.45, 2.75) is 47.2 Å². The Hall–Kier alpha value is -1.55. The molecule has 184 valence electrons. The van der Waals surface area contributed by atoms with E-state index >= 15 is 0 Å². The van der Waals surface area contributed by atoms with Crippen molar-refractivity contribution in [1.29, 1.82) is 0 Å². The van der Waals surface area contributed by atoms with E-state index in [-0.39, 0.29) is 41.0 Å². The van der Waals surface area contributed by atoms with Gasteiger partial charge in [-0.15, -0.1) is 18.3 Å². The molecule has 2 amide bonds. The molecule has 1 aromatic carbocycles. The molecule has 2 bridgehead atoms. The zero-order chi connectivity index (χ0) is 24.9. The molecule has 3 heterocycles. The van der Waals surface area contributed by atoms with E-state index in [9.17, 15) is 24.6 Å². The van der Waals surface area contributed by atoms with Crippen LogP contribution in [0, 0.1) is 17.8 Å². The number of hydrogen-bond donors (Lipinski definition) is 2. The quantitative estimate of drug-likeness (QED) is 0.367. The van der Waals surface area contributed by atoms with Gasteiger partial charge in [-0.05, 0) is 36.6 Å². The molecule has 0 radical (unpaired) electrons. The topological polar surface area (TPSA) is 98.2 Å². The van der Waals surface area contributed by atoms with Crippen LogP contribution >= 0.6 is 39.3 Å². The number of nitrogens with zero attached hydrogens (tertiary/aromatic N) is 2. The van der Waals surface area contributed by atoms with E-state index in [1.165, 1.54) is 16.7 Å². The number of anilines is 1. The number of rotatable bonds is 8. The van der Waals surface area contributed by atoms with Crippen molar-refractivity contribution in [3.05, 3.63) is 41.9 Å². The van der Waals surface area contributed by atoms with E-state index in [4.69, 9.17) is 11.6 Å². The minimum absolute atomic E-state index is 0.131. The van der Waals surface area contributed by atoms with Gasteiger partial charge in [0, 0.05) is 27.3 Å². The Morgan fingerprint density at radius 2 is 2.03 bits per heavy atom. The molecule has 7 nitrogen and oxygen atoms in total.